The molecule has 0 saturated heterocycles. The SMILES string of the molecule is Cc1cc(CCCNC(=O)c2cccc(Cl)c2)on1. The van der Waals surface area contributed by atoms with Crippen LogP contribution < -0.4 is 5.32 Å². The van der Waals surface area contributed by atoms with Crippen molar-refractivity contribution in [2.75, 3.05) is 6.54 Å². The van der Waals surface area contributed by atoms with E-state index in [2.05, 4.69) is 10.5 Å². The number of aromatic nitrogens is 1. The summed E-state index contributed by atoms with van der Waals surface area (Å²) in [6.45, 7) is 2.47. The Labute approximate surface area is 116 Å². The first-order chi connectivity index (χ1) is 9.15. The Balaban J connectivity index is 1.75. The van der Waals surface area contributed by atoms with E-state index in [1.54, 1.807) is 24.3 Å². The first-order valence-electron chi connectivity index (χ1n) is 6.11. The standard InChI is InChI=1S/C14H15ClN2O2/c1-10-8-13(19-17-10)6-3-7-16-14(18)11-4-2-5-12(15)9-11/h2,4-5,8-9H,3,6-7H2,1H3,(H,16,18). The van der Waals surface area contributed by atoms with Gasteiger partial charge in [-0.15, -0.1) is 0 Å². The van der Waals surface area contributed by atoms with Crippen molar-refractivity contribution in [1.29, 1.82) is 0 Å². The van der Waals surface area contributed by atoms with Crippen molar-refractivity contribution in [3.8, 4) is 0 Å². The first kappa shape index (κ1) is 13.6. The lowest BCUT2D eigenvalue weighted by Gasteiger charge is -2.04. The zero-order valence-corrected chi connectivity index (χ0v) is 11.4. The van der Waals surface area contributed by atoms with Gasteiger partial charge in [0.15, 0.2) is 0 Å². The summed E-state index contributed by atoms with van der Waals surface area (Å²) in [6.07, 6.45) is 1.57. The lowest BCUT2D eigenvalue weighted by molar-refractivity contribution is 0.0953. The van der Waals surface area contributed by atoms with Gasteiger partial charge in [-0.05, 0) is 31.5 Å². The van der Waals surface area contributed by atoms with Gasteiger partial charge in [0, 0.05) is 29.6 Å². The molecule has 0 aliphatic rings. The maximum Gasteiger partial charge on any atom is 0.251 e. The number of nitrogens with one attached hydrogen (secondary N) is 1. The lowest BCUT2D eigenvalue weighted by Crippen LogP contribution is -2.24. The molecule has 2 rings (SSSR count). The fourth-order valence-electron chi connectivity index (χ4n) is 1.73. The number of carbonyl (C=O) groups is 1. The molecular formula is C14H15ClN2O2. The Hall–Kier alpha value is -1.81. The van der Waals surface area contributed by atoms with Crippen LogP contribution in [0.2, 0.25) is 5.02 Å². The van der Waals surface area contributed by atoms with E-state index < -0.39 is 0 Å². The van der Waals surface area contributed by atoms with Crippen LogP contribution in [0.5, 0.6) is 0 Å². The second-order valence-electron chi connectivity index (χ2n) is 4.30. The number of benzene rings is 1. The van der Waals surface area contributed by atoms with E-state index in [1.165, 1.54) is 0 Å². The molecule has 1 N–H and O–H groups in total. The van der Waals surface area contributed by atoms with E-state index in [0.717, 1.165) is 24.3 Å². The summed E-state index contributed by atoms with van der Waals surface area (Å²) in [5.74, 6) is 0.728. The van der Waals surface area contributed by atoms with Gasteiger partial charge in [0.25, 0.3) is 5.91 Å². The highest BCUT2D eigenvalue weighted by Crippen LogP contribution is 2.10. The van der Waals surface area contributed by atoms with Gasteiger partial charge in [0.1, 0.15) is 5.76 Å². The highest BCUT2D eigenvalue weighted by Gasteiger charge is 2.05. The molecule has 0 fully saturated rings. The Bertz CT molecular complexity index is 566. The molecule has 100 valence electrons. The van der Waals surface area contributed by atoms with Gasteiger partial charge in [-0.25, -0.2) is 0 Å². The Kier molecular flexibility index (Phi) is 4.58. The summed E-state index contributed by atoms with van der Waals surface area (Å²) in [4.78, 5) is 11.8. The van der Waals surface area contributed by atoms with Crippen LogP contribution in [0, 0.1) is 6.92 Å². The summed E-state index contributed by atoms with van der Waals surface area (Å²) >= 11 is 5.83. The quantitative estimate of drug-likeness (QED) is 0.856. The van der Waals surface area contributed by atoms with Gasteiger partial charge in [0.2, 0.25) is 0 Å². The van der Waals surface area contributed by atoms with E-state index in [-0.39, 0.29) is 5.91 Å². The molecule has 0 atom stereocenters. The average Bonchev–Trinajstić information content (AvgIpc) is 2.80. The molecule has 1 aromatic carbocycles. The van der Waals surface area contributed by atoms with Gasteiger partial charge >= 0.3 is 0 Å². The molecule has 0 unspecified atom stereocenters. The Morgan fingerprint density at radius 3 is 2.95 bits per heavy atom. The monoisotopic (exact) mass is 278 g/mol. The predicted molar refractivity (Wildman–Crippen MR) is 73.3 cm³/mol. The van der Waals surface area contributed by atoms with Crippen molar-refractivity contribution in [3.63, 3.8) is 0 Å². The number of hydrogen-bond acceptors (Lipinski definition) is 3. The number of hydrogen-bond donors (Lipinski definition) is 1. The minimum atomic E-state index is -0.115. The number of nitrogens with zero attached hydrogens (tertiary/aromatic N) is 1. The molecular weight excluding hydrogens is 264 g/mol. The minimum absolute atomic E-state index is 0.115. The smallest absolute Gasteiger partial charge is 0.251 e. The zero-order chi connectivity index (χ0) is 13.7. The second kappa shape index (κ2) is 6.38. The molecule has 0 saturated carbocycles. The van der Waals surface area contributed by atoms with Crippen LogP contribution in [0.1, 0.15) is 28.2 Å². The fraction of sp³-hybridized carbons (Fsp3) is 0.286. The normalized spacial score (nSPS) is 10.4. The zero-order valence-electron chi connectivity index (χ0n) is 10.6. The van der Waals surface area contributed by atoms with Crippen molar-refractivity contribution in [3.05, 3.63) is 52.4 Å². The summed E-state index contributed by atoms with van der Waals surface area (Å²) in [5.41, 5.74) is 1.45. The summed E-state index contributed by atoms with van der Waals surface area (Å²) in [5, 5.41) is 7.21. The van der Waals surface area contributed by atoms with Crippen molar-refractivity contribution in [2.24, 2.45) is 0 Å². The van der Waals surface area contributed by atoms with Crippen LogP contribution in [-0.2, 0) is 6.42 Å². The van der Waals surface area contributed by atoms with E-state index in [1.807, 2.05) is 13.0 Å². The first-order valence-corrected chi connectivity index (χ1v) is 6.49. The number of aryl methyl sites for hydroxylation is 2. The maximum absolute atomic E-state index is 11.8. The minimum Gasteiger partial charge on any atom is -0.361 e. The molecule has 0 aliphatic carbocycles. The third kappa shape index (κ3) is 4.10. The third-order valence-corrected chi connectivity index (χ3v) is 2.88. The molecule has 19 heavy (non-hydrogen) atoms. The second-order valence-corrected chi connectivity index (χ2v) is 4.74. The van der Waals surface area contributed by atoms with Gasteiger partial charge in [-0.3, -0.25) is 4.79 Å². The van der Waals surface area contributed by atoms with Crippen LogP contribution in [0.25, 0.3) is 0 Å². The fourth-order valence-corrected chi connectivity index (χ4v) is 1.92. The number of rotatable bonds is 5. The van der Waals surface area contributed by atoms with Crippen molar-refractivity contribution >= 4 is 17.5 Å². The van der Waals surface area contributed by atoms with E-state index in [9.17, 15) is 4.79 Å². The molecule has 1 heterocycles. The number of halogens is 1. The molecule has 5 heteroatoms. The largest absolute Gasteiger partial charge is 0.361 e. The maximum atomic E-state index is 11.8. The van der Waals surface area contributed by atoms with Crippen LogP contribution in [0.15, 0.2) is 34.9 Å². The highest BCUT2D eigenvalue weighted by atomic mass is 35.5. The van der Waals surface area contributed by atoms with E-state index in [4.69, 9.17) is 16.1 Å². The van der Waals surface area contributed by atoms with Crippen molar-refractivity contribution in [1.82, 2.24) is 10.5 Å². The van der Waals surface area contributed by atoms with Gasteiger partial charge in [-0.2, -0.15) is 0 Å². The molecule has 0 radical (unpaired) electrons. The highest BCUT2D eigenvalue weighted by molar-refractivity contribution is 6.30. The van der Waals surface area contributed by atoms with Gasteiger partial charge < -0.3 is 9.84 Å². The van der Waals surface area contributed by atoms with Crippen molar-refractivity contribution in [2.45, 2.75) is 19.8 Å². The van der Waals surface area contributed by atoms with Gasteiger partial charge in [0.05, 0.1) is 5.69 Å². The van der Waals surface area contributed by atoms with Crippen LogP contribution in [-0.4, -0.2) is 17.6 Å². The number of amides is 1. The topological polar surface area (TPSA) is 55.1 Å². The van der Waals surface area contributed by atoms with Crippen LogP contribution in [0.4, 0.5) is 0 Å². The Morgan fingerprint density at radius 2 is 2.26 bits per heavy atom. The van der Waals surface area contributed by atoms with Crippen molar-refractivity contribution < 1.29 is 9.32 Å². The molecule has 1 amide bonds. The average molecular weight is 279 g/mol. The summed E-state index contributed by atoms with van der Waals surface area (Å²) < 4.78 is 5.09. The molecule has 0 aliphatic heterocycles. The van der Waals surface area contributed by atoms with Crippen LogP contribution in [0.3, 0.4) is 0 Å². The molecule has 0 bridgehead atoms. The Morgan fingerprint density at radius 1 is 1.42 bits per heavy atom. The number of carbonyl (C=O) groups excluding carboxylic acids is 1. The summed E-state index contributed by atoms with van der Waals surface area (Å²) in [7, 11) is 0. The van der Waals surface area contributed by atoms with E-state index in [0.29, 0.717) is 17.1 Å². The molecule has 1 aromatic heterocycles. The molecule has 0 spiro atoms. The lowest BCUT2D eigenvalue weighted by atomic mass is 10.2. The van der Waals surface area contributed by atoms with Gasteiger partial charge in [-0.1, -0.05) is 22.8 Å². The van der Waals surface area contributed by atoms with E-state index >= 15 is 0 Å². The molecule has 4 nitrogen and oxygen atoms in total. The molecule has 2 aromatic rings. The predicted octanol–water partition coefficient (Wildman–Crippen LogP) is 3.00. The van der Waals surface area contributed by atoms with Crippen LogP contribution >= 0.6 is 11.6 Å². The third-order valence-electron chi connectivity index (χ3n) is 2.65. The summed E-state index contributed by atoms with van der Waals surface area (Å²) in [6, 6.07) is 8.79.